The van der Waals surface area contributed by atoms with Gasteiger partial charge in [0.15, 0.2) is 5.15 Å². The maximum absolute atomic E-state index is 12.3. The molecule has 0 spiro atoms. The molecule has 23 heavy (non-hydrogen) atoms. The number of aromatic nitrogens is 2. The van der Waals surface area contributed by atoms with Gasteiger partial charge in [0.1, 0.15) is 0 Å². The van der Waals surface area contributed by atoms with E-state index in [1.54, 1.807) is 12.4 Å². The van der Waals surface area contributed by atoms with Crippen molar-refractivity contribution in [2.24, 2.45) is 5.92 Å². The minimum Gasteiger partial charge on any atom is -0.379 e. The van der Waals surface area contributed by atoms with Crippen LogP contribution in [0.25, 0.3) is 0 Å². The SMILES string of the molecule is O=C(NCc1nccnc1Cl)C1CCC(N2CCOCC2)CC1. The second-order valence-corrected chi connectivity index (χ2v) is 6.52. The zero-order valence-corrected chi connectivity index (χ0v) is 14.0. The Morgan fingerprint density at radius 1 is 1.22 bits per heavy atom. The first-order chi connectivity index (χ1) is 11.2. The summed E-state index contributed by atoms with van der Waals surface area (Å²) < 4.78 is 5.41. The molecule has 126 valence electrons. The quantitative estimate of drug-likeness (QED) is 0.904. The summed E-state index contributed by atoms with van der Waals surface area (Å²) in [6, 6.07) is 0.609. The number of amides is 1. The second-order valence-electron chi connectivity index (χ2n) is 6.17. The van der Waals surface area contributed by atoms with E-state index in [2.05, 4.69) is 20.2 Å². The fourth-order valence-corrected chi connectivity index (χ4v) is 3.60. The molecular formula is C16H23ClN4O2. The Labute approximate surface area is 141 Å². The highest BCUT2D eigenvalue weighted by Crippen LogP contribution is 2.28. The Balaban J connectivity index is 1.44. The van der Waals surface area contributed by atoms with Gasteiger partial charge in [0.05, 0.1) is 25.5 Å². The highest BCUT2D eigenvalue weighted by Gasteiger charge is 2.30. The van der Waals surface area contributed by atoms with E-state index in [9.17, 15) is 4.79 Å². The molecule has 1 saturated carbocycles. The van der Waals surface area contributed by atoms with E-state index in [0.29, 0.717) is 23.4 Å². The normalized spacial score (nSPS) is 26.0. The number of nitrogens with one attached hydrogen (secondary N) is 1. The van der Waals surface area contributed by atoms with E-state index in [4.69, 9.17) is 16.3 Å². The lowest BCUT2D eigenvalue weighted by atomic mass is 9.84. The lowest BCUT2D eigenvalue weighted by Crippen LogP contribution is -2.46. The van der Waals surface area contributed by atoms with E-state index >= 15 is 0 Å². The molecule has 2 fully saturated rings. The zero-order valence-electron chi connectivity index (χ0n) is 13.2. The topological polar surface area (TPSA) is 67.4 Å². The van der Waals surface area contributed by atoms with Crippen LogP contribution in [-0.4, -0.2) is 53.1 Å². The van der Waals surface area contributed by atoms with Crippen molar-refractivity contribution >= 4 is 17.5 Å². The highest BCUT2D eigenvalue weighted by atomic mass is 35.5. The molecule has 1 N–H and O–H groups in total. The van der Waals surface area contributed by atoms with Gasteiger partial charge in [0.25, 0.3) is 0 Å². The third-order valence-corrected chi connectivity index (χ3v) is 5.10. The molecule has 0 aromatic carbocycles. The minimum atomic E-state index is 0.0998. The molecule has 1 amide bonds. The summed E-state index contributed by atoms with van der Waals surface area (Å²) >= 11 is 5.96. The van der Waals surface area contributed by atoms with E-state index in [1.165, 1.54) is 0 Å². The van der Waals surface area contributed by atoms with Crippen molar-refractivity contribution in [3.05, 3.63) is 23.2 Å². The molecule has 2 aliphatic rings. The molecule has 3 rings (SSSR count). The fraction of sp³-hybridized carbons (Fsp3) is 0.688. The van der Waals surface area contributed by atoms with Gasteiger partial charge < -0.3 is 10.1 Å². The lowest BCUT2D eigenvalue weighted by Gasteiger charge is -2.38. The number of carbonyl (C=O) groups excluding carboxylic acids is 1. The monoisotopic (exact) mass is 338 g/mol. The largest absolute Gasteiger partial charge is 0.379 e. The number of hydrogen-bond donors (Lipinski definition) is 1. The van der Waals surface area contributed by atoms with Crippen LogP contribution in [0.5, 0.6) is 0 Å². The fourth-order valence-electron chi connectivity index (χ4n) is 3.43. The average Bonchev–Trinajstić information content (AvgIpc) is 2.62. The Kier molecular flexibility index (Phi) is 5.80. The number of nitrogens with zero attached hydrogens (tertiary/aromatic N) is 3. The van der Waals surface area contributed by atoms with Gasteiger partial charge in [0, 0.05) is 37.4 Å². The summed E-state index contributed by atoms with van der Waals surface area (Å²) in [6.45, 7) is 4.05. The van der Waals surface area contributed by atoms with Gasteiger partial charge in [-0.3, -0.25) is 14.7 Å². The molecule has 0 bridgehead atoms. The predicted molar refractivity (Wildman–Crippen MR) is 87.0 cm³/mol. The molecule has 1 saturated heterocycles. The van der Waals surface area contributed by atoms with Crippen molar-refractivity contribution in [2.75, 3.05) is 26.3 Å². The highest BCUT2D eigenvalue weighted by molar-refractivity contribution is 6.29. The van der Waals surface area contributed by atoms with E-state index in [0.717, 1.165) is 52.0 Å². The maximum atomic E-state index is 12.3. The zero-order chi connectivity index (χ0) is 16.1. The van der Waals surface area contributed by atoms with Crippen molar-refractivity contribution in [3.8, 4) is 0 Å². The van der Waals surface area contributed by atoms with E-state index < -0.39 is 0 Å². The summed E-state index contributed by atoms with van der Waals surface area (Å²) in [5.41, 5.74) is 0.615. The van der Waals surface area contributed by atoms with Gasteiger partial charge in [-0.1, -0.05) is 11.6 Å². The number of hydrogen-bond acceptors (Lipinski definition) is 5. The summed E-state index contributed by atoms with van der Waals surface area (Å²) in [5, 5.41) is 3.30. The number of morpholine rings is 1. The minimum absolute atomic E-state index is 0.0998. The Morgan fingerprint density at radius 2 is 1.91 bits per heavy atom. The van der Waals surface area contributed by atoms with Crippen molar-refractivity contribution in [1.82, 2.24) is 20.2 Å². The molecule has 0 radical (unpaired) electrons. The third-order valence-electron chi connectivity index (χ3n) is 4.78. The predicted octanol–water partition coefficient (Wildman–Crippen LogP) is 1.64. The Bertz CT molecular complexity index is 529. The molecule has 7 heteroatoms. The lowest BCUT2D eigenvalue weighted by molar-refractivity contribution is -0.126. The van der Waals surface area contributed by atoms with Gasteiger partial charge in [-0.15, -0.1) is 0 Å². The van der Waals surface area contributed by atoms with Gasteiger partial charge in [-0.2, -0.15) is 0 Å². The first kappa shape index (κ1) is 16.6. The molecular weight excluding hydrogens is 316 g/mol. The van der Waals surface area contributed by atoms with Crippen LogP contribution in [0.15, 0.2) is 12.4 Å². The third kappa shape index (κ3) is 4.40. The van der Waals surface area contributed by atoms with Crippen LogP contribution in [0.1, 0.15) is 31.4 Å². The molecule has 0 unspecified atom stereocenters. The van der Waals surface area contributed by atoms with Crippen LogP contribution in [0.4, 0.5) is 0 Å². The molecule has 0 atom stereocenters. The number of ether oxygens (including phenoxy) is 1. The summed E-state index contributed by atoms with van der Waals surface area (Å²) in [6.07, 6.45) is 7.19. The van der Waals surface area contributed by atoms with Crippen molar-refractivity contribution in [1.29, 1.82) is 0 Å². The van der Waals surface area contributed by atoms with Gasteiger partial charge in [-0.05, 0) is 25.7 Å². The van der Waals surface area contributed by atoms with Crippen LogP contribution in [0.2, 0.25) is 5.15 Å². The number of rotatable bonds is 4. The Morgan fingerprint density at radius 3 is 2.61 bits per heavy atom. The van der Waals surface area contributed by atoms with Gasteiger partial charge in [-0.25, -0.2) is 4.98 Å². The molecule has 1 aliphatic carbocycles. The number of carbonyl (C=O) groups is 1. The molecule has 2 heterocycles. The van der Waals surface area contributed by atoms with E-state index in [-0.39, 0.29) is 11.8 Å². The second kappa shape index (κ2) is 8.04. The smallest absolute Gasteiger partial charge is 0.223 e. The average molecular weight is 339 g/mol. The number of halogens is 1. The maximum Gasteiger partial charge on any atom is 0.223 e. The van der Waals surface area contributed by atoms with Crippen molar-refractivity contribution in [3.63, 3.8) is 0 Å². The standard InChI is InChI=1S/C16H23ClN4O2/c17-15-14(18-5-6-19-15)11-20-16(22)12-1-3-13(4-2-12)21-7-9-23-10-8-21/h5-6,12-13H,1-4,7-11H2,(H,20,22). The van der Waals surface area contributed by atoms with Crippen molar-refractivity contribution in [2.45, 2.75) is 38.3 Å². The molecule has 1 aliphatic heterocycles. The Hall–Kier alpha value is -1.24. The first-order valence-corrected chi connectivity index (χ1v) is 8.66. The van der Waals surface area contributed by atoms with Crippen LogP contribution in [-0.2, 0) is 16.1 Å². The van der Waals surface area contributed by atoms with Crippen LogP contribution >= 0.6 is 11.6 Å². The van der Waals surface area contributed by atoms with Gasteiger partial charge in [0.2, 0.25) is 5.91 Å². The van der Waals surface area contributed by atoms with Crippen LogP contribution in [0, 0.1) is 5.92 Å². The van der Waals surface area contributed by atoms with Crippen LogP contribution in [0.3, 0.4) is 0 Å². The first-order valence-electron chi connectivity index (χ1n) is 8.29. The van der Waals surface area contributed by atoms with E-state index in [1.807, 2.05) is 0 Å². The van der Waals surface area contributed by atoms with Crippen LogP contribution < -0.4 is 5.32 Å². The summed E-state index contributed by atoms with van der Waals surface area (Å²) in [5.74, 6) is 0.204. The summed E-state index contributed by atoms with van der Waals surface area (Å²) in [7, 11) is 0. The molecule has 1 aromatic rings. The molecule has 1 aromatic heterocycles. The van der Waals surface area contributed by atoms with Gasteiger partial charge >= 0.3 is 0 Å². The summed E-state index contributed by atoms with van der Waals surface area (Å²) in [4.78, 5) is 22.9. The van der Waals surface area contributed by atoms with Crippen molar-refractivity contribution < 1.29 is 9.53 Å². The molecule has 6 nitrogen and oxygen atoms in total.